The van der Waals surface area contributed by atoms with Gasteiger partial charge in [0.25, 0.3) is 5.56 Å². The van der Waals surface area contributed by atoms with E-state index in [1.165, 1.54) is 29.3 Å². The summed E-state index contributed by atoms with van der Waals surface area (Å²) in [4.78, 5) is 46.4. The molecule has 0 unspecified atom stereocenters. The van der Waals surface area contributed by atoms with Gasteiger partial charge in [-0.25, -0.2) is 14.8 Å². The minimum Gasteiger partial charge on any atom is -0.325 e. The van der Waals surface area contributed by atoms with E-state index in [1.807, 2.05) is 25.1 Å². The molecule has 0 aliphatic rings. The number of amides is 1. The van der Waals surface area contributed by atoms with E-state index in [0.29, 0.717) is 35.7 Å². The lowest BCUT2D eigenvalue weighted by Crippen LogP contribution is -2.37. The number of hydrogen-bond donors (Lipinski definition) is 1. The number of nitrogens with zero attached hydrogens (tertiary/aromatic N) is 5. The standard InChI is InChI=1S/C22H23ClN6O3S/c1-13-6-7-14(10-16(13)23)9-15-11-24-21(33-15)26-17(30)5-4-8-29-12-25-19-18(29)20(31)28(3)22(32)27(19)2/h6-7,10-12H,4-5,8-9H2,1-3H3,(H,24,26,30). The van der Waals surface area contributed by atoms with Crippen LogP contribution in [-0.4, -0.2) is 29.6 Å². The first-order chi connectivity index (χ1) is 15.7. The van der Waals surface area contributed by atoms with Gasteiger partial charge in [-0.3, -0.25) is 18.7 Å². The van der Waals surface area contributed by atoms with Crippen LogP contribution in [0.5, 0.6) is 0 Å². The number of thiazole rings is 1. The van der Waals surface area contributed by atoms with Crippen LogP contribution in [0.3, 0.4) is 0 Å². The van der Waals surface area contributed by atoms with Crippen molar-refractivity contribution in [2.75, 3.05) is 5.32 Å². The average Bonchev–Trinajstić information content (AvgIpc) is 3.40. The quantitative estimate of drug-likeness (QED) is 0.432. The second-order valence-electron chi connectivity index (χ2n) is 7.86. The zero-order valence-corrected chi connectivity index (χ0v) is 20.0. The highest BCUT2D eigenvalue weighted by molar-refractivity contribution is 7.15. The number of carbonyl (C=O) groups is 1. The monoisotopic (exact) mass is 486 g/mol. The molecule has 4 rings (SSSR count). The predicted molar refractivity (Wildman–Crippen MR) is 129 cm³/mol. The Morgan fingerprint density at radius 3 is 2.73 bits per heavy atom. The second-order valence-corrected chi connectivity index (χ2v) is 9.38. The van der Waals surface area contributed by atoms with E-state index in [4.69, 9.17) is 11.6 Å². The fraction of sp³-hybridized carbons (Fsp3) is 0.318. The molecule has 3 heterocycles. The molecule has 1 amide bonds. The molecule has 0 bridgehead atoms. The van der Waals surface area contributed by atoms with Crippen molar-refractivity contribution in [1.82, 2.24) is 23.7 Å². The maximum absolute atomic E-state index is 12.5. The number of benzene rings is 1. The fourth-order valence-corrected chi connectivity index (χ4v) is 4.62. The van der Waals surface area contributed by atoms with E-state index < -0.39 is 11.2 Å². The Hall–Kier alpha value is -3.24. The molecule has 33 heavy (non-hydrogen) atoms. The van der Waals surface area contributed by atoms with Gasteiger partial charge < -0.3 is 9.88 Å². The van der Waals surface area contributed by atoms with Gasteiger partial charge in [0.05, 0.1) is 6.33 Å². The van der Waals surface area contributed by atoms with Gasteiger partial charge in [-0.15, -0.1) is 11.3 Å². The minimum absolute atomic E-state index is 0.154. The third kappa shape index (κ3) is 4.76. The van der Waals surface area contributed by atoms with Gasteiger partial charge in [-0.05, 0) is 30.5 Å². The number of aromatic nitrogens is 5. The number of halogens is 1. The topological polar surface area (TPSA) is 104 Å². The predicted octanol–water partition coefficient (Wildman–Crippen LogP) is 2.86. The molecule has 3 aromatic heterocycles. The van der Waals surface area contributed by atoms with Crippen LogP contribution in [-0.2, 0) is 31.9 Å². The zero-order valence-electron chi connectivity index (χ0n) is 18.5. The second kappa shape index (κ2) is 9.32. The Balaban J connectivity index is 1.35. The molecule has 0 spiro atoms. The van der Waals surface area contributed by atoms with Gasteiger partial charge in [-0.1, -0.05) is 23.7 Å². The summed E-state index contributed by atoms with van der Waals surface area (Å²) in [5.41, 5.74) is 1.97. The van der Waals surface area contributed by atoms with Crippen LogP contribution in [0.1, 0.15) is 28.8 Å². The van der Waals surface area contributed by atoms with Crippen molar-refractivity contribution in [2.45, 2.75) is 32.7 Å². The van der Waals surface area contributed by atoms with Gasteiger partial charge >= 0.3 is 5.69 Å². The lowest BCUT2D eigenvalue weighted by molar-refractivity contribution is -0.116. The van der Waals surface area contributed by atoms with Crippen molar-refractivity contribution >= 4 is 45.1 Å². The van der Waals surface area contributed by atoms with E-state index in [1.54, 1.807) is 17.8 Å². The number of nitrogens with one attached hydrogen (secondary N) is 1. The van der Waals surface area contributed by atoms with Gasteiger partial charge in [0.1, 0.15) is 0 Å². The number of imidazole rings is 1. The fourth-order valence-electron chi connectivity index (χ4n) is 3.55. The van der Waals surface area contributed by atoms with Crippen molar-refractivity contribution in [3.63, 3.8) is 0 Å². The molecule has 1 N–H and O–H groups in total. The summed E-state index contributed by atoms with van der Waals surface area (Å²) < 4.78 is 4.07. The molecule has 1 aromatic carbocycles. The average molecular weight is 487 g/mol. The normalized spacial score (nSPS) is 11.3. The van der Waals surface area contributed by atoms with Crippen molar-refractivity contribution in [3.8, 4) is 0 Å². The van der Waals surface area contributed by atoms with E-state index >= 15 is 0 Å². The molecule has 0 atom stereocenters. The summed E-state index contributed by atoms with van der Waals surface area (Å²) in [6, 6.07) is 5.96. The molecule has 0 saturated heterocycles. The van der Waals surface area contributed by atoms with E-state index in [9.17, 15) is 14.4 Å². The molecule has 0 aliphatic carbocycles. The summed E-state index contributed by atoms with van der Waals surface area (Å²) in [7, 11) is 3.01. The summed E-state index contributed by atoms with van der Waals surface area (Å²) in [5, 5.41) is 4.11. The van der Waals surface area contributed by atoms with Crippen LogP contribution in [0.4, 0.5) is 5.13 Å². The smallest absolute Gasteiger partial charge is 0.325 e. The molecule has 9 nitrogen and oxygen atoms in total. The van der Waals surface area contributed by atoms with Crippen LogP contribution in [0.25, 0.3) is 11.2 Å². The lowest BCUT2D eigenvalue weighted by atomic mass is 10.1. The third-order valence-electron chi connectivity index (χ3n) is 5.43. The summed E-state index contributed by atoms with van der Waals surface area (Å²) in [5.74, 6) is -0.154. The molecule has 0 saturated carbocycles. The highest BCUT2D eigenvalue weighted by Crippen LogP contribution is 2.24. The van der Waals surface area contributed by atoms with Crippen LogP contribution < -0.4 is 16.6 Å². The van der Waals surface area contributed by atoms with Crippen LogP contribution in [0.15, 0.2) is 40.3 Å². The SMILES string of the molecule is Cc1ccc(Cc2cnc(NC(=O)CCCn3cnc4c3c(=O)n(C)c(=O)n4C)s2)cc1Cl. The van der Waals surface area contributed by atoms with Crippen molar-refractivity contribution in [2.24, 2.45) is 14.1 Å². The third-order valence-corrected chi connectivity index (χ3v) is 6.75. The van der Waals surface area contributed by atoms with Gasteiger partial charge in [0.15, 0.2) is 16.3 Å². The molecular formula is C22H23ClN6O3S. The van der Waals surface area contributed by atoms with E-state index in [0.717, 1.165) is 25.6 Å². The van der Waals surface area contributed by atoms with Crippen molar-refractivity contribution < 1.29 is 4.79 Å². The number of fused-ring (bicyclic) bond motifs is 1. The van der Waals surface area contributed by atoms with Gasteiger partial charge in [-0.2, -0.15) is 0 Å². The van der Waals surface area contributed by atoms with Crippen LogP contribution in [0, 0.1) is 6.92 Å². The molecule has 4 aromatic rings. The number of carbonyl (C=O) groups excluding carboxylic acids is 1. The highest BCUT2D eigenvalue weighted by Gasteiger charge is 2.14. The van der Waals surface area contributed by atoms with Crippen LogP contribution in [0.2, 0.25) is 5.02 Å². The Kier molecular flexibility index (Phi) is 6.48. The van der Waals surface area contributed by atoms with E-state index in [2.05, 4.69) is 15.3 Å². The molecule has 0 radical (unpaired) electrons. The van der Waals surface area contributed by atoms with E-state index in [-0.39, 0.29) is 12.3 Å². The van der Waals surface area contributed by atoms with Gasteiger partial charge in [0, 0.05) is 49.6 Å². The number of rotatable bonds is 7. The van der Waals surface area contributed by atoms with Crippen LogP contribution >= 0.6 is 22.9 Å². The first kappa shape index (κ1) is 22.9. The highest BCUT2D eigenvalue weighted by atomic mass is 35.5. The Morgan fingerprint density at radius 1 is 1.18 bits per heavy atom. The summed E-state index contributed by atoms with van der Waals surface area (Å²) in [6.07, 6.45) is 4.73. The lowest BCUT2D eigenvalue weighted by Gasteiger charge is -2.06. The Labute approximate surface area is 198 Å². The van der Waals surface area contributed by atoms with Crippen molar-refractivity contribution in [3.05, 3.63) is 72.6 Å². The maximum atomic E-state index is 12.5. The Bertz CT molecular complexity index is 1470. The van der Waals surface area contributed by atoms with Gasteiger partial charge in [0.2, 0.25) is 5.91 Å². The first-order valence-electron chi connectivity index (χ1n) is 10.3. The summed E-state index contributed by atoms with van der Waals surface area (Å²) >= 11 is 7.62. The summed E-state index contributed by atoms with van der Waals surface area (Å²) in [6.45, 7) is 2.39. The molecule has 172 valence electrons. The van der Waals surface area contributed by atoms with Crippen molar-refractivity contribution in [1.29, 1.82) is 0 Å². The number of hydrogen-bond acceptors (Lipinski definition) is 6. The largest absolute Gasteiger partial charge is 0.332 e. The maximum Gasteiger partial charge on any atom is 0.332 e. The first-order valence-corrected chi connectivity index (χ1v) is 11.5. The molecule has 0 aliphatic heterocycles. The Morgan fingerprint density at radius 2 is 1.97 bits per heavy atom. The number of aryl methyl sites for hydroxylation is 3. The number of anilines is 1. The minimum atomic E-state index is -0.426. The molecule has 11 heteroatoms. The molecular weight excluding hydrogens is 464 g/mol. The molecule has 0 fully saturated rings. The zero-order chi connectivity index (χ0) is 23.7.